The van der Waals surface area contributed by atoms with Gasteiger partial charge in [-0.15, -0.1) is 0 Å². The Morgan fingerprint density at radius 1 is 1.40 bits per heavy atom. The number of anilines is 1. The van der Waals surface area contributed by atoms with Gasteiger partial charge >= 0.3 is 0 Å². The van der Waals surface area contributed by atoms with Crippen molar-refractivity contribution in [1.82, 2.24) is 5.32 Å². The van der Waals surface area contributed by atoms with Crippen LogP contribution in [0.15, 0.2) is 29.3 Å². The van der Waals surface area contributed by atoms with E-state index < -0.39 is 0 Å². The summed E-state index contributed by atoms with van der Waals surface area (Å²) in [5, 5.41) is 13.8. The first-order chi connectivity index (χ1) is 7.31. The van der Waals surface area contributed by atoms with Gasteiger partial charge in [-0.25, -0.2) is 4.99 Å². The molecule has 5 heteroatoms. The molecule has 2 N–H and O–H groups in total. The molecule has 0 atom stereocenters. The molecular weight excluding hydrogens is 194 g/mol. The Morgan fingerprint density at radius 3 is 2.67 bits per heavy atom. The standard InChI is InChI=1S/C10H13N3O2/c1-15-9-4-2-8(3-5-9)13(14)10-11-6-7-12-10/h2-5,14H,6-7H2,1H3,(H,11,12). The molecule has 1 heterocycles. The molecule has 0 aromatic heterocycles. The van der Waals surface area contributed by atoms with Gasteiger partial charge in [0.2, 0.25) is 5.96 Å². The zero-order valence-electron chi connectivity index (χ0n) is 8.47. The van der Waals surface area contributed by atoms with Crippen LogP contribution in [0.5, 0.6) is 5.75 Å². The molecule has 0 bridgehead atoms. The lowest BCUT2D eigenvalue weighted by molar-refractivity contribution is 0.309. The number of aliphatic imine (C=N–C) groups is 1. The van der Waals surface area contributed by atoms with Gasteiger partial charge in [-0.05, 0) is 24.3 Å². The van der Waals surface area contributed by atoms with Gasteiger partial charge in [0.05, 0.1) is 19.3 Å². The van der Waals surface area contributed by atoms with Gasteiger partial charge < -0.3 is 10.1 Å². The molecule has 1 aliphatic rings. The maximum Gasteiger partial charge on any atom is 0.223 e. The molecular formula is C10H13N3O2. The number of rotatable bonds is 2. The smallest absolute Gasteiger partial charge is 0.223 e. The molecule has 0 radical (unpaired) electrons. The summed E-state index contributed by atoms with van der Waals surface area (Å²) >= 11 is 0. The Morgan fingerprint density at radius 2 is 2.13 bits per heavy atom. The van der Waals surface area contributed by atoms with E-state index in [1.54, 1.807) is 31.4 Å². The van der Waals surface area contributed by atoms with Crippen LogP contribution < -0.4 is 15.1 Å². The number of nitrogens with zero attached hydrogens (tertiary/aromatic N) is 2. The molecule has 2 rings (SSSR count). The zero-order chi connectivity index (χ0) is 10.7. The Bertz CT molecular complexity index is 361. The van der Waals surface area contributed by atoms with Crippen LogP contribution in [0.3, 0.4) is 0 Å². The maximum absolute atomic E-state index is 9.78. The minimum atomic E-state index is 0.486. The number of methoxy groups -OCH3 is 1. The Balaban J connectivity index is 2.14. The summed E-state index contributed by atoms with van der Waals surface area (Å²) < 4.78 is 5.03. The minimum Gasteiger partial charge on any atom is -0.497 e. The molecule has 5 nitrogen and oxygen atoms in total. The highest BCUT2D eigenvalue weighted by Gasteiger charge is 2.13. The van der Waals surface area contributed by atoms with Crippen LogP contribution >= 0.6 is 0 Å². The average Bonchev–Trinajstić information content (AvgIpc) is 2.82. The molecule has 15 heavy (non-hydrogen) atoms. The largest absolute Gasteiger partial charge is 0.497 e. The van der Waals surface area contributed by atoms with Crippen molar-refractivity contribution in [1.29, 1.82) is 0 Å². The Labute approximate surface area is 88.0 Å². The number of hydrogen-bond acceptors (Lipinski definition) is 5. The van der Waals surface area contributed by atoms with E-state index in [0.29, 0.717) is 18.2 Å². The first-order valence-corrected chi connectivity index (χ1v) is 4.72. The zero-order valence-corrected chi connectivity index (χ0v) is 8.47. The molecule has 0 saturated heterocycles. The van der Waals surface area contributed by atoms with Gasteiger partial charge in [-0.2, -0.15) is 5.06 Å². The van der Waals surface area contributed by atoms with Crippen molar-refractivity contribution in [2.75, 3.05) is 25.3 Å². The van der Waals surface area contributed by atoms with Gasteiger partial charge in [-0.3, -0.25) is 5.21 Å². The maximum atomic E-state index is 9.78. The van der Waals surface area contributed by atoms with E-state index in [1.807, 2.05) is 0 Å². The van der Waals surface area contributed by atoms with E-state index in [1.165, 1.54) is 0 Å². The topological polar surface area (TPSA) is 57.1 Å². The molecule has 80 valence electrons. The van der Waals surface area contributed by atoms with Crippen molar-refractivity contribution in [2.24, 2.45) is 4.99 Å². The molecule has 1 aliphatic heterocycles. The van der Waals surface area contributed by atoms with Gasteiger partial charge in [0.25, 0.3) is 0 Å². The van der Waals surface area contributed by atoms with Crippen molar-refractivity contribution >= 4 is 11.6 Å². The minimum absolute atomic E-state index is 0.486. The van der Waals surface area contributed by atoms with Crippen LogP contribution in [-0.4, -0.2) is 31.4 Å². The van der Waals surface area contributed by atoms with Crippen molar-refractivity contribution in [3.8, 4) is 5.75 Å². The first kappa shape index (κ1) is 9.79. The van der Waals surface area contributed by atoms with Crippen LogP contribution in [0, 0.1) is 0 Å². The van der Waals surface area contributed by atoms with Gasteiger partial charge in [0.1, 0.15) is 5.75 Å². The normalized spacial score (nSPS) is 14.4. The van der Waals surface area contributed by atoms with Crippen molar-refractivity contribution in [2.45, 2.75) is 0 Å². The number of ether oxygens (including phenoxy) is 1. The van der Waals surface area contributed by atoms with Crippen LogP contribution in [0.2, 0.25) is 0 Å². The summed E-state index contributed by atoms with van der Waals surface area (Å²) in [7, 11) is 1.61. The predicted molar refractivity (Wildman–Crippen MR) is 57.6 cm³/mol. The third kappa shape index (κ3) is 2.02. The van der Waals surface area contributed by atoms with Crippen molar-refractivity contribution in [3.63, 3.8) is 0 Å². The molecule has 0 fully saturated rings. The second-order valence-electron chi connectivity index (χ2n) is 3.14. The summed E-state index contributed by atoms with van der Waals surface area (Å²) in [5.41, 5.74) is 0.656. The third-order valence-corrected chi connectivity index (χ3v) is 2.17. The molecule has 0 saturated carbocycles. The lowest BCUT2D eigenvalue weighted by atomic mass is 10.3. The second kappa shape index (κ2) is 4.18. The Kier molecular flexibility index (Phi) is 2.73. The summed E-state index contributed by atoms with van der Waals surface area (Å²) in [4.78, 5) is 4.10. The number of benzene rings is 1. The van der Waals surface area contributed by atoms with Crippen LogP contribution in [0.1, 0.15) is 0 Å². The number of hydroxylamine groups is 1. The molecule has 1 aromatic rings. The molecule has 1 aromatic carbocycles. The van der Waals surface area contributed by atoms with Crippen LogP contribution in [0.25, 0.3) is 0 Å². The van der Waals surface area contributed by atoms with Crippen LogP contribution in [-0.2, 0) is 0 Å². The monoisotopic (exact) mass is 207 g/mol. The highest BCUT2D eigenvalue weighted by Crippen LogP contribution is 2.18. The SMILES string of the molecule is COc1ccc(N(O)C2=NCCN2)cc1. The molecule has 0 spiro atoms. The highest BCUT2D eigenvalue weighted by atomic mass is 16.5. The van der Waals surface area contributed by atoms with E-state index in [9.17, 15) is 5.21 Å². The fraction of sp³-hybridized carbons (Fsp3) is 0.300. The predicted octanol–water partition coefficient (Wildman–Crippen LogP) is 0.850. The molecule has 0 unspecified atom stereocenters. The number of hydrogen-bond donors (Lipinski definition) is 2. The summed E-state index contributed by atoms with van der Waals surface area (Å²) in [6, 6.07) is 7.10. The summed E-state index contributed by atoms with van der Waals surface area (Å²) in [6.07, 6.45) is 0. The van der Waals surface area contributed by atoms with Crippen LogP contribution in [0.4, 0.5) is 5.69 Å². The van der Waals surface area contributed by atoms with Gasteiger partial charge in [0, 0.05) is 6.54 Å². The van der Waals surface area contributed by atoms with Crippen molar-refractivity contribution in [3.05, 3.63) is 24.3 Å². The average molecular weight is 207 g/mol. The fourth-order valence-electron chi connectivity index (χ4n) is 1.37. The number of nitrogens with one attached hydrogen (secondary N) is 1. The van der Waals surface area contributed by atoms with E-state index >= 15 is 0 Å². The number of guanidine groups is 1. The first-order valence-electron chi connectivity index (χ1n) is 4.72. The van der Waals surface area contributed by atoms with E-state index in [-0.39, 0.29) is 0 Å². The molecule has 0 aliphatic carbocycles. The third-order valence-electron chi connectivity index (χ3n) is 2.17. The Hall–Kier alpha value is -1.75. The van der Waals surface area contributed by atoms with Gasteiger partial charge in [-0.1, -0.05) is 0 Å². The molecule has 0 amide bonds. The van der Waals surface area contributed by atoms with Crippen molar-refractivity contribution < 1.29 is 9.94 Å². The fourth-order valence-corrected chi connectivity index (χ4v) is 1.37. The lowest BCUT2D eigenvalue weighted by Crippen LogP contribution is -2.36. The van der Waals surface area contributed by atoms with Gasteiger partial charge in [0.15, 0.2) is 0 Å². The highest BCUT2D eigenvalue weighted by molar-refractivity contribution is 5.94. The van der Waals surface area contributed by atoms with E-state index in [0.717, 1.165) is 17.4 Å². The summed E-state index contributed by atoms with van der Waals surface area (Å²) in [6.45, 7) is 1.46. The lowest BCUT2D eigenvalue weighted by Gasteiger charge is -2.16. The second-order valence-corrected chi connectivity index (χ2v) is 3.14. The van der Waals surface area contributed by atoms with E-state index in [2.05, 4.69) is 10.3 Å². The van der Waals surface area contributed by atoms with E-state index in [4.69, 9.17) is 4.74 Å². The quantitative estimate of drug-likeness (QED) is 0.706. The summed E-state index contributed by atoms with van der Waals surface area (Å²) in [5.74, 6) is 1.24.